The van der Waals surface area contributed by atoms with Gasteiger partial charge in [0.1, 0.15) is 4.32 Å². The molecule has 0 aromatic carbocycles. The molecule has 0 aliphatic rings. The number of hydrogen-bond donors (Lipinski definition) is 1. The van der Waals surface area contributed by atoms with Gasteiger partial charge in [-0.3, -0.25) is 4.79 Å². The van der Waals surface area contributed by atoms with Crippen LogP contribution in [-0.4, -0.2) is 15.4 Å². The lowest BCUT2D eigenvalue weighted by Crippen LogP contribution is -2.27. The molecule has 0 heterocycles. The number of alkyl halides is 1. The van der Waals surface area contributed by atoms with E-state index in [4.69, 9.17) is 5.11 Å². The normalized spacial score (nSPS) is 14.7. The van der Waals surface area contributed by atoms with Crippen molar-refractivity contribution in [3.05, 3.63) is 0 Å². The number of carboxylic acid groups (broad SMARTS) is 1. The average Bonchev–Trinajstić information content (AvgIpc) is 2.21. The molecular weight excluding hydrogens is 268 g/mol. The number of aliphatic carboxylic acids is 1. The SMILES string of the molecule is CCCCCCCCCCC(C)(Br)C(=O)O. The Kier molecular flexibility index (Phi) is 9.00. The van der Waals surface area contributed by atoms with E-state index in [1.165, 1.54) is 38.5 Å². The topological polar surface area (TPSA) is 37.3 Å². The average molecular weight is 293 g/mol. The fraction of sp³-hybridized carbons (Fsp3) is 0.923. The minimum atomic E-state index is -0.754. The van der Waals surface area contributed by atoms with Crippen LogP contribution in [0.25, 0.3) is 0 Å². The molecule has 1 N–H and O–H groups in total. The second-order valence-electron chi connectivity index (χ2n) is 4.73. The van der Waals surface area contributed by atoms with Gasteiger partial charge in [-0.15, -0.1) is 0 Å². The quantitative estimate of drug-likeness (QED) is 0.466. The number of carboxylic acids is 1. The van der Waals surface area contributed by atoms with Crippen LogP contribution >= 0.6 is 15.9 Å². The molecule has 0 amide bonds. The van der Waals surface area contributed by atoms with Crippen LogP contribution in [0.4, 0.5) is 0 Å². The highest BCUT2D eigenvalue weighted by Gasteiger charge is 2.28. The van der Waals surface area contributed by atoms with E-state index in [-0.39, 0.29) is 0 Å². The molecule has 0 aromatic rings. The Labute approximate surface area is 108 Å². The van der Waals surface area contributed by atoms with Crippen molar-refractivity contribution in [1.29, 1.82) is 0 Å². The highest BCUT2D eigenvalue weighted by atomic mass is 79.9. The molecule has 2 nitrogen and oxygen atoms in total. The summed E-state index contributed by atoms with van der Waals surface area (Å²) in [5, 5.41) is 8.89. The van der Waals surface area contributed by atoms with E-state index in [1.54, 1.807) is 6.92 Å². The van der Waals surface area contributed by atoms with E-state index >= 15 is 0 Å². The first kappa shape index (κ1) is 16.0. The fourth-order valence-electron chi connectivity index (χ4n) is 1.70. The van der Waals surface area contributed by atoms with Crippen LogP contribution < -0.4 is 0 Å². The maximum Gasteiger partial charge on any atom is 0.320 e. The lowest BCUT2D eigenvalue weighted by molar-refractivity contribution is -0.139. The third-order valence-electron chi connectivity index (χ3n) is 2.95. The monoisotopic (exact) mass is 292 g/mol. The van der Waals surface area contributed by atoms with Crippen LogP contribution in [-0.2, 0) is 4.79 Å². The highest BCUT2D eigenvalue weighted by Crippen LogP contribution is 2.25. The van der Waals surface area contributed by atoms with Crippen molar-refractivity contribution >= 4 is 21.9 Å². The summed E-state index contributed by atoms with van der Waals surface area (Å²) in [5.41, 5.74) is 0. The predicted molar refractivity (Wildman–Crippen MR) is 72.2 cm³/mol. The van der Waals surface area contributed by atoms with Gasteiger partial charge in [0.2, 0.25) is 0 Å². The molecule has 0 bridgehead atoms. The zero-order chi connectivity index (χ0) is 12.4. The molecule has 16 heavy (non-hydrogen) atoms. The lowest BCUT2D eigenvalue weighted by Gasteiger charge is -2.16. The molecule has 0 aromatic heterocycles. The molecule has 0 spiro atoms. The van der Waals surface area contributed by atoms with Crippen LogP contribution in [0.2, 0.25) is 0 Å². The van der Waals surface area contributed by atoms with Crippen molar-refractivity contribution in [3.63, 3.8) is 0 Å². The first-order chi connectivity index (χ1) is 7.50. The second kappa shape index (κ2) is 9.03. The van der Waals surface area contributed by atoms with Gasteiger partial charge in [0, 0.05) is 0 Å². The van der Waals surface area contributed by atoms with Gasteiger partial charge in [-0.2, -0.15) is 0 Å². The zero-order valence-electron chi connectivity index (χ0n) is 10.6. The summed E-state index contributed by atoms with van der Waals surface area (Å²) < 4.78 is -0.727. The van der Waals surface area contributed by atoms with Gasteiger partial charge >= 0.3 is 5.97 Å². The van der Waals surface area contributed by atoms with E-state index in [0.717, 1.165) is 19.3 Å². The van der Waals surface area contributed by atoms with Crippen LogP contribution in [0.5, 0.6) is 0 Å². The Balaban J connectivity index is 3.30. The molecular formula is C13H25BrO2. The third kappa shape index (κ3) is 8.14. The summed E-state index contributed by atoms with van der Waals surface area (Å²) in [6, 6.07) is 0. The van der Waals surface area contributed by atoms with Gasteiger partial charge in [0.25, 0.3) is 0 Å². The van der Waals surface area contributed by atoms with E-state index < -0.39 is 10.3 Å². The third-order valence-corrected chi connectivity index (χ3v) is 3.68. The molecule has 0 saturated heterocycles. The summed E-state index contributed by atoms with van der Waals surface area (Å²) in [6.07, 6.45) is 10.7. The molecule has 0 fully saturated rings. The van der Waals surface area contributed by atoms with Crippen LogP contribution in [0, 0.1) is 0 Å². The molecule has 1 atom stereocenters. The summed E-state index contributed by atoms with van der Waals surface area (Å²) in [4.78, 5) is 10.8. The molecule has 3 heteroatoms. The summed E-state index contributed by atoms with van der Waals surface area (Å²) in [6.45, 7) is 3.96. The number of carbonyl (C=O) groups is 1. The molecule has 96 valence electrons. The zero-order valence-corrected chi connectivity index (χ0v) is 12.2. The van der Waals surface area contributed by atoms with Crippen molar-refractivity contribution in [1.82, 2.24) is 0 Å². The molecule has 0 saturated carbocycles. The van der Waals surface area contributed by atoms with Gasteiger partial charge in [-0.25, -0.2) is 0 Å². The molecule has 0 aliphatic carbocycles. The highest BCUT2D eigenvalue weighted by molar-refractivity contribution is 9.10. The van der Waals surface area contributed by atoms with Gasteiger partial charge in [-0.05, 0) is 13.3 Å². The van der Waals surface area contributed by atoms with E-state index in [0.29, 0.717) is 0 Å². The van der Waals surface area contributed by atoms with E-state index in [2.05, 4.69) is 22.9 Å². The number of halogens is 1. The van der Waals surface area contributed by atoms with Gasteiger partial charge in [-0.1, -0.05) is 74.2 Å². The van der Waals surface area contributed by atoms with Gasteiger partial charge in [0.15, 0.2) is 0 Å². The number of hydrogen-bond acceptors (Lipinski definition) is 1. The Morgan fingerprint density at radius 2 is 1.50 bits per heavy atom. The minimum absolute atomic E-state index is 0.720. The summed E-state index contributed by atoms with van der Waals surface area (Å²) in [7, 11) is 0. The standard InChI is InChI=1S/C13H25BrO2/c1-3-4-5-6-7-8-9-10-11-13(2,14)12(15)16/h3-11H2,1-2H3,(H,15,16). The van der Waals surface area contributed by atoms with Crippen LogP contribution in [0.3, 0.4) is 0 Å². The van der Waals surface area contributed by atoms with Gasteiger partial charge in [0.05, 0.1) is 0 Å². The number of unbranched alkanes of at least 4 members (excludes halogenated alkanes) is 7. The second-order valence-corrected chi connectivity index (χ2v) is 6.48. The Bertz CT molecular complexity index is 190. The van der Waals surface area contributed by atoms with E-state index in [1.807, 2.05) is 0 Å². The maximum atomic E-state index is 10.8. The van der Waals surface area contributed by atoms with Gasteiger partial charge < -0.3 is 5.11 Å². The van der Waals surface area contributed by atoms with Crippen LogP contribution in [0.1, 0.15) is 71.6 Å². The van der Waals surface area contributed by atoms with Crippen molar-refractivity contribution < 1.29 is 9.90 Å². The first-order valence-corrected chi connectivity index (χ1v) is 7.22. The first-order valence-electron chi connectivity index (χ1n) is 6.43. The fourth-order valence-corrected chi connectivity index (χ4v) is 1.98. The maximum absolute atomic E-state index is 10.8. The minimum Gasteiger partial charge on any atom is -0.480 e. The predicted octanol–water partition coefficient (Wildman–Crippen LogP) is 4.76. The number of rotatable bonds is 10. The Hall–Kier alpha value is -0.0500. The molecule has 1 unspecified atom stereocenters. The lowest BCUT2D eigenvalue weighted by atomic mass is 10.0. The van der Waals surface area contributed by atoms with E-state index in [9.17, 15) is 4.79 Å². The van der Waals surface area contributed by atoms with Crippen molar-refractivity contribution in [2.45, 2.75) is 76.0 Å². The summed E-state index contributed by atoms with van der Waals surface area (Å²) in [5.74, 6) is -0.754. The largest absolute Gasteiger partial charge is 0.480 e. The molecule has 0 radical (unpaired) electrons. The Morgan fingerprint density at radius 3 is 1.94 bits per heavy atom. The van der Waals surface area contributed by atoms with Crippen LogP contribution in [0.15, 0.2) is 0 Å². The van der Waals surface area contributed by atoms with Crippen molar-refractivity contribution in [2.75, 3.05) is 0 Å². The van der Waals surface area contributed by atoms with Crippen molar-refractivity contribution in [3.8, 4) is 0 Å². The molecule has 0 aliphatic heterocycles. The molecule has 0 rings (SSSR count). The summed E-state index contributed by atoms with van der Waals surface area (Å²) >= 11 is 3.25. The Morgan fingerprint density at radius 1 is 1.06 bits per heavy atom. The van der Waals surface area contributed by atoms with Crippen molar-refractivity contribution in [2.24, 2.45) is 0 Å². The smallest absolute Gasteiger partial charge is 0.320 e.